The molecule has 0 atom stereocenters. The van der Waals surface area contributed by atoms with Crippen molar-refractivity contribution in [2.45, 2.75) is 31.2 Å². The standard InChI is InChI=1S/C23H31N3O4S.C2H7N/c1-18-8-6-11-21(23(18)31(28,29)25(2)3)30-17-22(27)24-13-7-14-26-15-12-19-9-4-5-10-20(19)16-26;1-3-2/h4-6,8-11H,7,12-17H2,1-3H3,(H,24,27);3H,1-2H3. The van der Waals surface area contributed by atoms with Crippen molar-refractivity contribution in [2.75, 3.05) is 54.4 Å². The van der Waals surface area contributed by atoms with Gasteiger partial charge in [0.05, 0.1) is 0 Å². The fourth-order valence-electron chi connectivity index (χ4n) is 3.72. The lowest BCUT2D eigenvalue weighted by atomic mass is 10.00. The average Bonchev–Trinajstić information content (AvgIpc) is 2.80. The highest BCUT2D eigenvalue weighted by Gasteiger charge is 2.25. The van der Waals surface area contributed by atoms with Crippen molar-refractivity contribution in [1.29, 1.82) is 0 Å². The zero-order valence-corrected chi connectivity index (χ0v) is 21.7. The highest BCUT2D eigenvalue weighted by atomic mass is 32.2. The van der Waals surface area contributed by atoms with E-state index in [9.17, 15) is 13.2 Å². The number of ether oxygens (including phenoxy) is 1. The van der Waals surface area contributed by atoms with Crippen molar-refractivity contribution >= 4 is 15.9 Å². The van der Waals surface area contributed by atoms with E-state index in [1.807, 2.05) is 14.1 Å². The first-order chi connectivity index (χ1) is 16.2. The van der Waals surface area contributed by atoms with Gasteiger partial charge in [-0.3, -0.25) is 9.69 Å². The van der Waals surface area contributed by atoms with Gasteiger partial charge in [0.1, 0.15) is 10.6 Å². The van der Waals surface area contributed by atoms with Crippen LogP contribution in [0.15, 0.2) is 47.4 Å². The second kappa shape index (κ2) is 13.4. The monoisotopic (exact) mass is 490 g/mol. The third-order valence-corrected chi connectivity index (χ3v) is 7.46. The normalized spacial score (nSPS) is 13.6. The van der Waals surface area contributed by atoms with Gasteiger partial charge < -0.3 is 15.4 Å². The number of benzene rings is 2. The Morgan fingerprint density at radius 2 is 1.76 bits per heavy atom. The number of sulfonamides is 1. The molecule has 8 nitrogen and oxygen atoms in total. The molecule has 2 aromatic carbocycles. The molecular weight excluding hydrogens is 452 g/mol. The van der Waals surface area contributed by atoms with Crippen LogP contribution < -0.4 is 15.4 Å². The Hall–Kier alpha value is -2.46. The maximum absolute atomic E-state index is 12.6. The summed E-state index contributed by atoms with van der Waals surface area (Å²) in [5, 5.41) is 5.61. The number of carbonyl (C=O) groups is 1. The van der Waals surface area contributed by atoms with E-state index in [0.717, 1.165) is 36.8 Å². The lowest BCUT2D eigenvalue weighted by Crippen LogP contribution is -2.35. The lowest BCUT2D eigenvalue weighted by molar-refractivity contribution is -0.123. The third kappa shape index (κ3) is 7.80. The van der Waals surface area contributed by atoms with Crippen LogP contribution in [0.2, 0.25) is 0 Å². The molecule has 3 rings (SSSR count). The number of nitrogens with one attached hydrogen (secondary N) is 2. The summed E-state index contributed by atoms with van der Waals surface area (Å²) < 4.78 is 31.9. The van der Waals surface area contributed by atoms with E-state index in [2.05, 4.69) is 39.8 Å². The van der Waals surface area contributed by atoms with E-state index in [1.165, 1.54) is 25.2 Å². The van der Waals surface area contributed by atoms with Gasteiger partial charge >= 0.3 is 0 Å². The molecular formula is C25H38N4O4S. The molecule has 0 bridgehead atoms. The molecule has 1 amide bonds. The molecule has 0 radical (unpaired) electrons. The number of amides is 1. The second-order valence-corrected chi connectivity index (χ2v) is 10.6. The van der Waals surface area contributed by atoms with E-state index in [0.29, 0.717) is 12.1 Å². The Morgan fingerprint density at radius 3 is 2.44 bits per heavy atom. The Kier molecular flexibility index (Phi) is 11.0. The molecule has 0 unspecified atom stereocenters. The van der Waals surface area contributed by atoms with Crippen LogP contribution in [0.4, 0.5) is 0 Å². The topological polar surface area (TPSA) is 91.0 Å². The van der Waals surface area contributed by atoms with E-state index in [1.54, 1.807) is 25.1 Å². The predicted octanol–water partition coefficient (Wildman–Crippen LogP) is 2.02. The fraction of sp³-hybridized carbons (Fsp3) is 0.480. The molecule has 0 saturated heterocycles. The van der Waals surface area contributed by atoms with Crippen LogP contribution in [-0.2, 0) is 27.8 Å². The SMILES string of the molecule is CNC.Cc1cccc(OCC(=O)NCCCN2CCc3ccccc3C2)c1S(=O)(=O)N(C)C. The first kappa shape index (κ1) is 27.8. The molecule has 1 aliphatic rings. The van der Waals surface area contributed by atoms with Crippen molar-refractivity contribution in [2.24, 2.45) is 0 Å². The minimum absolute atomic E-state index is 0.0955. The van der Waals surface area contributed by atoms with Crippen LogP contribution in [0.25, 0.3) is 0 Å². The smallest absolute Gasteiger partial charge is 0.257 e. The minimum Gasteiger partial charge on any atom is -0.482 e. The molecule has 1 aliphatic heterocycles. The Bertz CT molecular complexity index is 1040. The number of carbonyl (C=O) groups excluding carboxylic acids is 1. The zero-order valence-electron chi connectivity index (χ0n) is 20.9. The molecule has 34 heavy (non-hydrogen) atoms. The number of rotatable bonds is 9. The summed E-state index contributed by atoms with van der Waals surface area (Å²) in [5.41, 5.74) is 3.39. The van der Waals surface area contributed by atoms with E-state index in [-0.39, 0.29) is 23.2 Å². The molecule has 2 N–H and O–H groups in total. The van der Waals surface area contributed by atoms with Gasteiger partial charge in [-0.05, 0) is 56.6 Å². The van der Waals surface area contributed by atoms with Gasteiger partial charge in [-0.25, -0.2) is 12.7 Å². The highest BCUT2D eigenvalue weighted by molar-refractivity contribution is 7.89. The Morgan fingerprint density at radius 1 is 1.09 bits per heavy atom. The van der Waals surface area contributed by atoms with Gasteiger partial charge in [-0.2, -0.15) is 0 Å². The van der Waals surface area contributed by atoms with Gasteiger partial charge in [0.2, 0.25) is 10.0 Å². The van der Waals surface area contributed by atoms with Gasteiger partial charge in [0, 0.05) is 40.3 Å². The summed E-state index contributed by atoms with van der Waals surface area (Å²) >= 11 is 0. The molecule has 0 spiro atoms. The van der Waals surface area contributed by atoms with Crippen molar-refractivity contribution in [3.63, 3.8) is 0 Å². The van der Waals surface area contributed by atoms with Gasteiger partial charge in [-0.15, -0.1) is 0 Å². The summed E-state index contributed by atoms with van der Waals surface area (Å²) in [5.74, 6) is -0.0745. The number of fused-ring (bicyclic) bond motifs is 1. The number of hydrogen-bond donors (Lipinski definition) is 2. The number of aryl methyl sites for hydroxylation is 1. The molecule has 0 fully saturated rings. The molecule has 2 aromatic rings. The minimum atomic E-state index is -3.67. The van der Waals surface area contributed by atoms with Gasteiger partial charge in [0.25, 0.3) is 5.91 Å². The molecule has 0 saturated carbocycles. The van der Waals surface area contributed by atoms with Crippen LogP contribution in [0.1, 0.15) is 23.1 Å². The molecule has 9 heteroatoms. The molecule has 0 aromatic heterocycles. The number of nitrogens with zero attached hydrogens (tertiary/aromatic N) is 2. The zero-order chi connectivity index (χ0) is 25.1. The Balaban J connectivity index is 0.00000129. The number of hydrogen-bond acceptors (Lipinski definition) is 6. The quantitative estimate of drug-likeness (QED) is 0.523. The summed E-state index contributed by atoms with van der Waals surface area (Å²) in [6.07, 6.45) is 1.91. The Labute approximate surface area is 204 Å². The first-order valence-corrected chi connectivity index (χ1v) is 12.9. The van der Waals surface area contributed by atoms with Crippen LogP contribution in [0, 0.1) is 6.92 Å². The average molecular weight is 491 g/mol. The fourth-order valence-corrected chi connectivity index (χ4v) is 4.94. The molecule has 188 valence electrons. The van der Waals surface area contributed by atoms with Crippen molar-refractivity contribution in [3.05, 3.63) is 59.2 Å². The summed E-state index contributed by atoms with van der Waals surface area (Å²) in [7, 11) is 3.02. The van der Waals surface area contributed by atoms with Crippen LogP contribution >= 0.6 is 0 Å². The third-order valence-electron chi connectivity index (χ3n) is 5.46. The molecule has 0 aliphatic carbocycles. The summed E-state index contributed by atoms with van der Waals surface area (Å²) in [6.45, 7) is 4.93. The maximum Gasteiger partial charge on any atom is 0.257 e. The first-order valence-electron chi connectivity index (χ1n) is 11.5. The van der Waals surface area contributed by atoms with Crippen LogP contribution in [0.5, 0.6) is 5.75 Å². The van der Waals surface area contributed by atoms with Gasteiger partial charge in [0.15, 0.2) is 6.61 Å². The van der Waals surface area contributed by atoms with E-state index >= 15 is 0 Å². The maximum atomic E-state index is 12.6. The molecule has 1 heterocycles. The lowest BCUT2D eigenvalue weighted by Gasteiger charge is -2.28. The summed E-state index contributed by atoms with van der Waals surface area (Å²) in [4.78, 5) is 14.7. The van der Waals surface area contributed by atoms with Crippen LogP contribution in [0.3, 0.4) is 0 Å². The highest BCUT2D eigenvalue weighted by Crippen LogP contribution is 2.29. The van der Waals surface area contributed by atoms with Crippen molar-refractivity contribution in [1.82, 2.24) is 19.8 Å². The predicted molar refractivity (Wildman–Crippen MR) is 136 cm³/mol. The van der Waals surface area contributed by atoms with E-state index in [4.69, 9.17) is 4.74 Å². The van der Waals surface area contributed by atoms with Gasteiger partial charge in [-0.1, -0.05) is 36.4 Å². The largest absolute Gasteiger partial charge is 0.482 e. The van der Waals surface area contributed by atoms with Crippen molar-refractivity contribution < 1.29 is 17.9 Å². The second-order valence-electron chi connectivity index (χ2n) is 8.48. The summed E-state index contributed by atoms with van der Waals surface area (Å²) in [6, 6.07) is 13.5. The van der Waals surface area contributed by atoms with E-state index < -0.39 is 10.0 Å². The van der Waals surface area contributed by atoms with Crippen molar-refractivity contribution in [3.8, 4) is 5.75 Å². The van der Waals surface area contributed by atoms with Crippen LogP contribution in [-0.4, -0.2) is 78.0 Å².